The number of nitrogens with zero attached hydrogens (tertiary/aromatic N) is 1. The standard InChI is InChI=1S/C16H22N2O3/c1-12-4-3-7-18(10-12)11-13-5-2-6-14(8-13)16(21)17-9-15(19)20/h2,5-6,8,12H,3-4,7,9-11H2,1H3,(H,17,21)(H,19,20). The normalized spacial score (nSPS) is 19.2. The lowest BCUT2D eigenvalue weighted by atomic mass is 9.99. The quantitative estimate of drug-likeness (QED) is 0.866. The minimum atomic E-state index is -1.04. The lowest BCUT2D eigenvalue weighted by molar-refractivity contribution is -0.135. The van der Waals surface area contributed by atoms with Crippen molar-refractivity contribution in [1.82, 2.24) is 10.2 Å². The van der Waals surface area contributed by atoms with Gasteiger partial charge in [0, 0.05) is 18.7 Å². The number of aliphatic carboxylic acids is 1. The summed E-state index contributed by atoms with van der Waals surface area (Å²) in [4.78, 5) is 24.7. The molecule has 1 unspecified atom stereocenters. The van der Waals surface area contributed by atoms with Crippen LogP contribution in [-0.4, -0.2) is 41.5 Å². The van der Waals surface area contributed by atoms with Crippen LogP contribution in [0.4, 0.5) is 0 Å². The molecule has 1 aliphatic rings. The number of likely N-dealkylation sites (tertiary alicyclic amines) is 1. The van der Waals surface area contributed by atoms with E-state index < -0.39 is 5.97 Å². The van der Waals surface area contributed by atoms with E-state index in [1.807, 2.05) is 18.2 Å². The number of hydrogen-bond donors (Lipinski definition) is 2. The van der Waals surface area contributed by atoms with Crippen molar-refractivity contribution in [1.29, 1.82) is 0 Å². The molecule has 0 saturated carbocycles. The van der Waals surface area contributed by atoms with Crippen LogP contribution in [0.5, 0.6) is 0 Å². The average molecular weight is 290 g/mol. The zero-order valence-electron chi connectivity index (χ0n) is 12.3. The fourth-order valence-corrected chi connectivity index (χ4v) is 2.76. The molecule has 2 N–H and O–H groups in total. The van der Waals surface area contributed by atoms with Gasteiger partial charge < -0.3 is 10.4 Å². The highest BCUT2D eigenvalue weighted by Crippen LogP contribution is 2.18. The average Bonchev–Trinajstić information content (AvgIpc) is 2.45. The van der Waals surface area contributed by atoms with Gasteiger partial charge in [0.05, 0.1) is 0 Å². The summed E-state index contributed by atoms with van der Waals surface area (Å²) in [7, 11) is 0. The van der Waals surface area contributed by atoms with Crippen LogP contribution in [0.25, 0.3) is 0 Å². The Balaban J connectivity index is 1.96. The van der Waals surface area contributed by atoms with Gasteiger partial charge in [-0.3, -0.25) is 14.5 Å². The van der Waals surface area contributed by atoms with Crippen LogP contribution >= 0.6 is 0 Å². The first-order chi connectivity index (χ1) is 10.0. The molecule has 2 rings (SSSR count). The van der Waals surface area contributed by atoms with Gasteiger partial charge in [0.25, 0.3) is 5.91 Å². The summed E-state index contributed by atoms with van der Waals surface area (Å²) in [6, 6.07) is 7.40. The van der Waals surface area contributed by atoms with E-state index in [2.05, 4.69) is 17.1 Å². The van der Waals surface area contributed by atoms with Gasteiger partial charge in [0.1, 0.15) is 6.54 Å². The fraction of sp³-hybridized carbons (Fsp3) is 0.500. The molecule has 5 heteroatoms. The topological polar surface area (TPSA) is 69.6 Å². The molecule has 5 nitrogen and oxygen atoms in total. The monoisotopic (exact) mass is 290 g/mol. The highest BCUT2D eigenvalue weighted by Gasteiger charge is 2.16. The van der Waals surface area contributed by atoms with Crippen molar-refractivity contribution in [3.05, 3.63) is 35.4 Å². The summed E-state index contributed by atoms with van der Waals surface area (Å²) in [5.41, 5.74) is 1.60. The molecule has 1 amide bonds. The third kappa shape index (κ3) is 4.86. The molecule has 1 saturated heterocycles. The van der Waals surface area contributed by atoms with E-state index in [1.165, 1.54) is 12.8 Å². The number of carboxylic acids is 1. The van der Waals surface area contributed by atoms with E-state index in [0.717, 1.165) is 31.1 Å². The number of rotatable bonds is 5. The smallest absolute Gasteiger partial charge is 0.322 e. The third-order valence-electron chi connectivity index (χ3n) is 3.74. The minimum Gasteiger partial charge on any atom is -0.480 e. The Kier molecular flexibility index (Phi) is 5.33. The molecule has 0 aromatic heterocycles. The van der Waals surface area contributed by atoms with Gasteiger partial charge in [0.15, 0.2) is 0 Å². The molecule has 0 radical (unpaired) electrons. The number of benzene rings is 1. The number of hydrogen-bond acceptors (Lipinski definition) is 3. The highest BCUT2D eigenvalue weighted by molar-refractivity contribution is 5.95. The van der Waals surface area contributed by atoms with Crippen molar-refractivity contribution >= 4 is 11.9 Å². The zero-order valence-corrected chi connectivity index (χ0v) is 12.3. The van der Waals surface area contributed by atoms with Gasteiger partial charge in [-0.15, -0.1) is 0 Å². The molecule has 1 atom stereocenters. The number of amides is 1. The molecule has 21 heavy (non-hydrogen) atoms. The van der Waals surface area contributed by atoms with Gasteiger partial charge in [-0.05, 0) is 43.0 Å². The molecule has 0 aliphatic carbocycles. The summed E-state index contributed by atoms with van der Waals surface area (Å²) in [6.45, 7) is 4.94. The van der Waals surface area contributed by atoms with E-state index in [1.54, 1.807) is 6.07 Å². The second-order valence-corrected chi connectivity index (χ2v) is 5.76. The molecule has 1 heterocycles. The van der Waals surface area contributed by atoms with Crippen molar-refractivity contribution in [2.45, 2.75) is 26.3 Å². The fourth-order valence-electron chi connectivity index (χ4n) is 2.76. The maximum Gasteiger partial charge on any atom is 0.322 e. The van der Waals surface area contributed by atoms with E-state index in [4.69, 9.17) is 5.11 Å². The van der Waals surface area contributed by atoms with Crippen molar-refractivity contribution in [2.75, 3.05) is 19.6 Å². The van der Waals surface area contributed by atoms with Crippen LogP contribution in [0.2, 0.25) is 0 Å². The first-order valence-corrected chi connectivity index (χ1v) is 7.36. The Morgan fingerprint density at radius 3 is 2.95 bits per heavy atom. The molecule has 1 aromatic carbocycles. The third-order valence-corrected chi connectivity index (χ3v) is 3.74. The molecule has 0 bridgehead atoms. The SMILES string of the molecule is CC1CCCN(Cc2cccc(C(=O)NCC(=O)O)c2)C1. The summed E-state index contributed by atoms with van der Waals surface area (Å²) in [5, 5.41) is 11.0. The molecule has 0 spiro atoms. The predicted octanol–water partition coefficient (Wildman–Crippen LogP) is 1.73. The van der Waals surface area contributed by atoms with Crippen LogP contribution in [0.3, 0.4) is 0 Å². The molecule has 1 aromatic rings. The Labute approximate surface area is 125 Å². The summed E-state index contributed by atoms with van der Waals surface area (Å²) in [6.07, 6.45) is 2.51. The first-order valence-electron chi connectivity index (χ1n) is 7.36. The van der Waals surface area contributed by atoms with E-state index in [-0.39, 0.29) is 12.5 Å². The lowest BCUT2D eigenvalue weighted by Gasteiger charge is -2.30. The maximum absolute atomic E-state index is 11.9. The van der Waals surface area contributed by atoms with Crippen LogP contribution in [0.15, 0.2) is 24.3 Å². The second-order valence-electron chi connectivity index (χ2n) is 5.76. The zero-order chi connectivity index (χ0) is 15.2. The second kappa shape index (κ2) is 7.22. The van der Waals surface area contributed by atoms with Crippen LogP contribution < -0.4 is 5.32 Å². The molecule has 114 valence electrons. The van der Waals surface area contributed by atoms with Crippen molar-refractivity contribution < 1.29 is 14.7 Å². The lowest BCUT2D eigenvalue weighted by Crippen LogP contribution is -2.34. The number of carboxylic acid groups (broad SMARTS) is 1. The number of piperidine rings is 1. The minimum absolute atomic E-state index is 0.341. The Bertz CT molecular complexity index is 516. The molecular formula is C16H22N2O3. The van der Waals surface area contributed by atoms with Crippen LogP contribution in [-0.2, 0) is 11.3 Å². The van der Waals surface area contributed by atoms with E-state index in [0.29, 0.717) is 5.56 Å². The van der Waals surface area contributed by atoms with Crippen LogP contribution in [0, 0.1) is 5.92 Å². The Hall–Kier alpha value is -1.88. The van der Waals surface area contributed by atoms with Gasteiger partial charge in [-0.2, -0.15) is 0 Å². The molecule has 1 aliphatic heterocycles. The number of nitrogens with one attached hydrogen (secondary N) is 1. The Morgan fingerprint density at radius 1 is 1.43 bits per heavy atom. The number of carbonyl (C=O) groups is 2. The van der Waals surface area contributed by atoms with Crippen LogP contribution in [0.1, 0.15) is 35.7 Å². The Morgan fingerprint density at radius 2 is 2.24 bits per heavy atom. The van der Waals surface area contributed by atoms with Gasteiger partial charge in [-0.1, -0.05) is 19.1 Å². The predicted molar refractivity (Wildman–Crippen MR) is 80.1 cm³/mol. The van der Waals surface area contributed by atoms with Crippen molar-refractivity contribution in [3.63, 3.8) is 0 Å². The van der Waals surface area contributed by atoms with Gasteiger partial charge in [-0.25, -0.2) is 0 Å². The first kappa shape index (κ1) is 15.5. The molecular weight excluding hydrogens is 268 g/mol. The highest BCUT2D eigenvalue weighted by atomic mass is 16.4. The summed E-state index contributed by atoms with van der Waals surface area (Å²) in [5.74, 6) is -0.658. The number of carbonyl (C=O) groups excluding carboxylic acids is 1. The summed E-state index contributed by atoms with van der Waals surface area (Å²) < 4.78 is 0. The van der Waals surface area contributed by atoms with Crippen molar-refractivity contribution in [3.8, 4) is 0 Å². The largest absolute Gasteiger partial charge is 0.480 e. The molecule has 1 fully saturated rings. The van der Waals surface area contributed by atoms with E-state index >= 15 is 0 Å². The van der Waals surface area contributed by atoms with Crippen molar-refractivity contribution in [2.24, 2.45) is 5.92 Å². The van der Waals surface area contributed by atoms with Gasteiger partial charge in [0.2, 0.25) is 0 Å². The summed E-state index contributed by atoms with van der Waals surface area (Å²) >= 11 is 0. The van der Waals surface area contributed by atoms with Gasteiger partial charge >= 0.3 is 5.97 Å². The maximum atomic E-state index is 11.9. The van der Waals surface area contributed by atoms with E-state index in [9.17, 15) is 9.59 Å².